The molecule has 1 aromatic rings. The zero-order chi connectivity index (χ0) is 11.8. The Hall–Kier alpha value is -1.09. The van der Waals surface area contributed by atoms with Crippen molar-refractivity contribution in [1.82, 2.24) is 0 Å². The van der Waals surface area contributed by atoms with E-state index >= 15 is 0 Å². The molecule has 16 heavy (non-hydrogen) atoms. The lowest BCUT2D eigenvalue weighted by Gasteiger charge is -2.11. The molecule has 1 fully saturated rings. The minimum Gasteiger partial charge on any atom is -0.389 e. The average Bonchev–Trinajstić information content (AvgIpc) is 2.84. The van der Waals surface area contributed by atoms with Crippen LogP contribution in [0.2, 0.25) is 0 Å². The molecule has 0 aromatic heterocycles. The van der Waals surface area contributed by atoms with Gasteiger partial charge in [-0.05, 0) is 29.9 Å². The molecular formula is C13H18N2S. The van der Waals surface area contributed by atoms with E-state index in [-0.39, 0.29) is 0 Å². The second-order valence-electron chi connectivity index (χ2n) is 5.18. The van der Waals surface area contributed by atoms with Crippen LogP contribution in [-0.4, -0.2) is 11.5 Å². The molecule has 0 bridgehead atoms. The van der Waals surface area contributed by atoms with Gasteiger partial charge in [0, 0.05) is 17.8 Å². The predicted molar refractivity (Wildman–Crippen MR) is 72.7 cm³/mol. The minimum atomic E-state index is 0.457. The fourth-order valence-corrected chi connectivity index (χ4v) is 2.19. The van der Waals surface area contributed by atoms with Crippen LogP contribution in [0.25, 0.3) is 0 Å². The summed E-state index contributed by atoms with van der Waals surface area (Å²) in [5, 5.41) is 3.44. The Balaban J connectivity index is 2.02. The van der Waals surface area contributed by atoms with Gasteiger partial charge in [-0.1, -0.05) is 38.2 Å². The zero-order valence-electron chi connectivity index (χ0n) is 9.79. The third-order valence-electron chi connectivity index (χ3n) is 3.45. The first kappa shape index (κ1) is 11.4. The molecule has 1 unspecified atom stereocenters. The Bertz CT molecular complexity index is 412. The number of benzene rings is 1. The summed E-state index contributed by atoms with van der Waals surface area (Å²) in [4.78, 5) is 0.457. The van der Waals surface area contributed by atoms with Crippen LogP contribution in [-0.2, 0) is 0 Å². The molecule has 0 aliphatic heterocycles. The van der Waals surface area contributed by atoms with Gasteiger partial charge in [0.1, 0.15) is 4.99 Å². The van der Waals surface area contributed by atoms with Gasteiger partial charge in [-0.25, -0.2) is 0 Å². The van der Waals surface area contributed by atoms with Gasteiger partial charge in [-0.15, -0.1) is 0 Å². The van der Waals surface area contributed by atoms with Crippen molar-refractivity contribution < 1.29 is 0 Å². The van der Waals surface area contributed by atoms with Gasteiger partial charge < -0.3 is 11.1 Å². The first-order chi connectivity index (χ1) is 7.50. The van der Waals surface area contributed by atoms with E-state index < -0.39 is 0 Å². The quantitative estimate of drug-likeness (QED) is 0.787. The molecule has 1 aromatic carbocycles. The Labute approximate surface area is 102 Å². The fourth-order valence-electron chi connectivity index (χ4n) is 2.01. The molecule has 1 atom stereocenters. The molecule has 0 heterocycles. The smallest absolute Gasteiger partial charge is 0.106 e. The lowest BCUT2D eigenvalue weighted by molar-refractivity contribution is 0.573. The second-order valence-corrected chi connectivity index (χ2v) is 5.62. The number of para-hydroxylation sites is 1. The maximum absolute atomic E-state index is 5.68. The molecule has 0 saturated heterocycles. The summed E-state index contributed by atoms with van der Waals surface area (Å²) in [5.41, 5.74) is 8.18. The van der Waals surface area contributed by atoms with Gasteiger partial charge in [-0.3, -0.25) is 0 Å². The second kappa shape index (κ2) is 4.06. The average molecular weight is 234 g/mol. The van der Waals surface area contributed by atoms with Crippen LogP contribution in [0.5, 0.6) is 0 Å². The molecule has 0 radical (unpaired) electrons. The van der Waals surface area contributed by atoms with Gasteiger partial charge in [-0.2, -0.15) is 0 Å². The van der Waals surface area contributed by atoms with E-state index in [2.05, 4.69) is 19.2 Å². The topological polar surface area (TPSA) is 38.0 Å². The van der Waals surface area contributed by atoms with Crippen LogP contribution in [0.1, 0.15) is 25.8 Å². The van der Waals surface area contributed by atoms with Crippen molar-refractivity contribution in [2.75, 3.05) is 11.9 Å². The molecule has 2 rings (SSSR count). The number of nitrogens with two attached hydrogens (primary N) is 1. The van der Waals surface area contributed by atoms with Crippen molar-refractivity contribution >= 4 is 22.9 Å². The van der Waals surface area contributed by atoms with Crippen molar-refractivity contribution in [1.29, 1.82) is 0 Å². The number of rotatable bonds is 4. The Morgan fingerprint density at radius 3 is 2.69 bits per heavy atom. The van der Waals surface area contributed by atoms with Crippen LogP contribution in [0.3, 0.4) is 0 Å². The number of nitrogens with one attached hydrogen (secondary N) is 1. The van der Waals surface area contributed by atoms with Crippen molar-refractivity contribution in [2.24, 2.45) is 17.1 Å². The zero-order valence-corrected chi connectivity index (χ0v) is 10.6. The van der Waals surface area contributed by atoms with Crippen molar-refractivity contribution in [3.63, 3.8) is 0 Å². The third-order valence-corrected chi connectivity index (χ3v) is 3.67. The molecule has 1 saturated carbocycles. The molecule has 3 N–H and O–H groups in total. The van der Waals surface area contributed by atoms with Gasteiger partial charge in [0.05, 0.1) is 0 Å². The molecule has 1 aliphatic rings. The maximum atomic E-state index is 5.68. The van der Waals surface area contributed by atoms with Crippen molar-refractivity contribution in [3.05, 3.63) is 29.8 Å². The highest BCUT2D eigenvalue weighted by molar-refractivity contribution is 7.80. The highest BCUT2D eigenvalue weighted by Gasteiger charge is 2.44. The first-order valence-corrected chi connectivity index (χ1v) is 6.04. The van der Waals surface area contributed by atoms with E-state index in [1.807, 2.05) is 24.3 Å². The van der Waals surface area contributed by atoms with Crippen molar-refractivity contribution in [3.8, 4) is 0 Å². The van der Waals surface area contributed by atoms with Crippen LogP contribution in [0.15, 0.2) is 24.3 Å². The van der Waals surface area contributed by atoms with Gasteiger partial charge in [0.2, 0.25) is 0 Å². The Morgan fingerprint density at radius 2 is 2.12 bits per heavy atom. The maximum Gasteiger partial charge on any atom is 0.106 e. The molecular weight excluding hydrogens is 216 g/mol. The van der Waals surface area contributed by atoms with E-state index in [0.29, 0.717) is 10.4 Å². The van der Waals surface area contributed by atoms with Crippen LogP contribution >= 0.6 is 12.2 Å². The molecule has 0 amide bonds. The summed E-state index contributed by atoms with van der Waals surface area (Å²) < 4.78 is 0. The van der Waals surface area contributed by atoms with Crippen molar-refractivity contribution in [2.45, 2.75) is 20.3 Å². The highest BCUT2D eigenvalue weighted by atomic mass is 32.1. The highest BCUT2D eigenvalue weighted by Crippen LogP contribution is 2.51. The lowest BCUT2D eigenvalue weighted by Crippen LogP contribution is -2.15. The summed E-state index contributed by atoms with van der Waals surface area (Å²) in [6, 6.07) is 7.95. The summed E-state index contributed by atoms with van der Waals surface area (Å²) in [6.45, 7) is 5.62. The van der Waals surface area contributed by atoms with E-state index in [0.717, 1.165) is 23.7 Å². The Kier molecular flexibility index (Phi) is 2.89. The molecule has 3 heteroatoms. The standard InChI is InChI=1S/C13H18N2S/c1-13(2)7-9(13)8-15-11-6-4-3-5-10(11)12(14)16/h3-6,9,15H,7-8H2,1-2H3,(H2,14,16). The number of hydrogen-bond donors (Lipinski definition) is 2. The van der Waals surface area contributed by atoms with E-state index in [4.69, 9.17) is 18.0 Å². The van der Waals surface area contributed by atoms with Crippen LogP contribution in [0, 0.1) is 11.3 Å². The molecule has 86 valence electrons. The summed E-state index contributed by atoms with van der Waals surface area (Å²) in [6.07, 6.45) is 1.30. The van der Waals surface area contributed by atoms with E-state index in [1.54, 1.807) is 0 Å². The van der Waals surface area contributed by atoms with Gasteiger partial charge >= 0.3 is 0 Å². The summed E-state index contributed by atoms with van der Waals surface area (Å²) in [7, 11) is 0. The summed E-state index contributed by atoms with van der Waals surface area (Å²) >= 11 is 5.03. The fraction of sp³-hybridized carbons (Fsp3) is 0.462. The van der Waals surface area contributed by atoms with Crippen LogP contribution in [0.4, 0.5) is 5.69 Å². The monoisotopic (exact) mass is 234 g/mol. The largest absolute Gasteiger partial charge is 0.389 e. The predicted octanol–water partition coefficient (Wildman–Crippen LogP) is 2.78. The van der Waals surface area contributed by atoms with Gasteiger partial charge in [0.25, 0.3) is 0 Å². The number of anilines is 1. The molecule has 2 nitrogen and oxygen atoms in total. The van der Waals surface area contributed by atoms with E-state index in [9.17, 15) is 0 Å². The SMILES string of the molecule is CC1(C)CC1CNc1ccccc1C(N)=S. The van der Waals surface area contributed by atoms with Gasteiger partial charge in [0.15, 0.2) is 0 Å². The molecule has 0 spiro atoms. The summed E-state index contributed by atoms with van der Waals surface area (Å²) in [5.74, 6) is 0.770. The van der Waals surface area contributed by atoms with Crippen LogP contribution < -0.4 is 11.1 Å². The Morgan fingerprint density at radius 1 is 1.50 bits per heavy atom. The number of thiocarbonyl (C=S) groups is 1. The lowest BCUT2D eigenvalue weighted by atomic mass is 10.1. The first-order valence-electron chi connectivity index (χ1n) is 5.63. The molecule has 1 aliphatic carbocycles. The minimum absolute atomic E-state index is 0.457. The third kappa shape index (κ3) is 2.35. The van der Waals surface area contributed by atoms with E-state index in [1.165, 1.54) is 6.42 Å². The normalized spacial score (nSPS) is 21.5. The number of hydrogen-bond acceptors (Lipinski definition) is 2.